The van der Waals surface area contributed by atoms with E-state index in [1.54, 1.807) is 73.6 Å². The van der Waals surface area contributed by atoms with E-state index < -0.39 is 5.97 Å². The number of hydrogen-bond acceptors (Lipinski definition) is 4. The lowest BCUT2D eigenvalue weighted by Gasteiger charge is -2.12. The van der Waals surface area contributed by atoms with Gasteiger partial charge in [0, 0.05) is 30.3 Å². The first kappa shape index (κ1) is 17.0. The highest BCUT2D eigenvalue weighted by molar-refractivity contribution is 9.10. The molecule has 0 fully saturated rings. The van der Waals surface area contributed by atoms with E-state index in [0.717, 1.165) is 4.47 Å². The third-order valence-electron chi connectivity index (χ3n) is 2.92. The summed E-state index contributed by atoms with van der Waals surface area (Å²) >= 11 is 3.32. The van der Waals surface area contributed by atoms with Crippen molar-refractivity contribution in [3.8, 4) is 0 Å². The summed E-state index contributed by atoms with van der Waals surface area (Å²) in [6.07, 6.45) is 1.49. The lowest BCUT2D eigenvalue weighted by molar-refractivity contribution is 0.0583. The van der Waals surface area contributed by atoms with Crippen molar-refractivity contribution < 1.29 is 14.3 Å². The maximum absolute atomic E-state index is 12.6. The van der Waals surface area contributed by atoms with Crippen LogP contribution < -0.4 is 0 Å². The molecule has 0 aliphatic heterocycles. The number of ketones is 1. The molecular formula is C18H16BrNO3. The SMILES string of the molecule is CN(C)/C=C(\OC(=O)c1ccccc1)C(=O)c1ccc(Br)cc1. The van der Waals surface area contributed by atoms with Crippen LogP contribution in [-0.4, -0.2) is 30.7 Å². The summed E-state index contributed by atoms with van der Waals surface area (Å²) in [5, 5.41) is 0. The van der Waals surface area contributed by atoms with E-state index in [2.05, 4.69) is 15.9 Å². The Morgan fingerprint density at radius 3 is 2.13 bits per heavy atom. The van der Waals surface area contributed by atoms with Crippen molar-refractivity contribution in [2.24, 2.45) is 0 Å². The minimum absolute atomic E-state index is 0.0221. The lowest BCUT2D eigenvalue weighted by atomic mass is 10.1. The van der Waals surface area contributed by atoms with E-state index in [-0.39, 0.29) is 11.5 Å². The van der Waals surface area contributed by atoms with Gasteiger partial charge in [-0.3, -0.25) is 4.79 Å². The van der Waals surface area contributed by atoms with Crippen LogP contribution >= 0.6 is 15.9 Å². The monoisotopic (exact) mass is 373 g/mol. The van der Waals surface area contributed by atoms with Crippen molar-refractivity contribution in [3.05, 3.63) is 82.2 Å². The minimum atomic E-state index is -0.566. The van der Waals surface area contributed by atoms with Crippen LogP contribution in [0.25, 0.3) is 0 Å². The summed E-state index contributed by atoms with van der Waals surface area (Å²) in [4.78, 5) is 26.4. The Morgan fingerprint density at radius 2 is 1.57 bits per heavy atom. The molecule has 0 saturated heterocycles. The number of esters is 1. The van der Waals surface area contributed by atoms with Gasteiger partial charge >= 0.3 is 5.97 Å². The Bertz CT molecular complexity index is 722. The maximum atomic E-state index is 12.6. The third-order valence-corrected chi connectivity index (χ3v) is 3.45. The summed E-state index contributed by atoms with van der Waals surface area (Å²) in [5.41, 5.74) is 0.836. The van der Waals surface area contributed by atoms with Crippen molar-refractivity contribution >= 4 is 27.7 Å². The van der Waals surface area contributed by atoms with E-state index in [1.165, 1.54) is 6.20 Å². The van der Waals surface area contributed by atoms with Crippen LogP contribution in [-0.2, 0) is 4.74 Å². The van der Waals surface area contributed by atoms with E-state index >= 15 is 0 Å². The number of benzene rings is 2. The number of nitrogens with zero attached hydrogens (tertiary/aromatic N) is 1. The molecule has 2 aromatic rings. The maximum Gasteiger partial charge on any atom is 0.343 e. The van der Waals surface area contributed by atoms with Crippen LogP contribution in [0.3, 0.4) is 0 Å². The number of hydrogen-bond donors (Lipinski definition) is 0. The number of allylic oxidation sites excluding steroid dienone is 1. The number of halogens is 1. The van der Waals surface area contributed by atoms with Gasteiger partial charge in [-0.25, -0.2) is 4.79 Å². The number of carbonyl (C=O) groups excluding carboxylic acids is 2. The molecular weight excluding hydrogens is 358 g/mol. The zero-order valence-corrected chi connectivity index (χ0v) is 14.4. The van der Waals surface area contributed by atoms with Crippen LogP contribution in [0, 0.1) is 0 Å². The Morgan fingerprint density at radius 1 is 0.957 bits per heavy atom. The van der Waals surface area contributed by atoms with Crippen LogP contribution in [0.15, 0.2) is 71.0 Å². The third kappa shape index (κ3) is 4.79. The van der Waals surface area contributed by atoms with Gasteiger partial charge in [0.2, 0.25) is 5.78 Å². The number of carbonyl (C=O) groups is 2. The Hall–Kier alpha value is -2.40. The first-order chi connectivity index (χ1) is 11.0. The molecule has 0 aromatic heterocycles. The summed E-state index contributed by atoms with van der Waals surface area (Å²) in [6, 6.07) is 15.4. The fourth-order valence-corrected chi connectivity index (χ4v) is 2.11. The van der Waals surface area contributed by atoms with Crippen molar-refractivity contribution in [1.82, 2.24) is 4.90 Å². The van der Waals surface area contributed by atoms with Crippen molar-refractivity contribution in [2.75, 3.05) is 14.1 Å². The predicted molar refractivity (Wildman–Crippen MR) is 92.1 cm³/mol. The molecule has 0 bridgehead atoms. The van der Waals surface area contributed by atoms with Gasteiger partial charge < -0.3 is 9.64 Å². The Labute approximate surface area is 143 Å². The number of rotatable bonds is 5. The van der Waals surface area contributed by atoms with Gasteiger partial charge in [0.05, 0.1) is 5.56 Å². The predicted octanol–water partition coefficient (Wildman–Crippen LogP) is 3.89. The molecule has 5 heteroatoms. The zero-order valence-electron chi connectivity index (χ0n) is 12.8. The average Bonchev–Trinajstić information content (AvgIpc) is 2.54. The van der Waals surface area contributed by atoms with E-state index in [0.29, 0.717) is 11.1 Å². The fourth-order valence-electron chi connectivity index (χ4n) is 1.84. The average molecular weight is 374 g/mol. The molecule has 2 aromatic carbocycles. The molecule has 0 spiro atoms. The van der Waals surface area contributed by atoms with Crippen LogP contribution in [0.1, 0.15) is 20.7 Å². The van der Waals surface area contributed by atoms with E-state index in [9.17, 15) is 9.59 Å². The molecule has 0 heterocycles. The highest BCUT2D eigenvalue weighted by Crippen LogP contribution is 2.16. The molecule has 0 unspecified atom stereocenters. The normalized spacial score (nSPS) is 11.0. The largest absolute Gasteiger partial charge is 0.417 e. The first-order valence-corrected chi connectivity index (χ1v) is 7.72. The minimum Gasteiger partial charge on any atom is -0.417 e. The summed E-state index contributed by atoms with van der Waals surface area (Å²) in [5.74, 6) is -0.939. The van der Waals surface area contributed by atoms with Crippen LogP contribution in [0.5, 0.6) is 0 Å². The molecule has 2 rings (SSSR count). The zero-order chi connectivity index (χ0) is 16.8. The van der Waals surface area contributed by atoms with Crippen molar-refractivity contribution in [2.45, 2.75) is 0 Å². The first-order valence-electron chi connectivity index (χ1n) is 6.93. The summed E-state index contributed by atoms with van der Waals surface area (Å²) in [7, 11) is 3.51. The van der Waals surface area contributed by atoms with Gasteiger partial charge in [-0.1, -0.05) is 34.1 Å². The molecule has 0 aliphatic carbocycles. The van der Waals surface area contributed by atoms with Crippen LogP contribution in [0.2, 0.25) is 0 Å². The Balaban J connectivity index is 2.25. The van der Waals surface area contributed by atoms with Crippen molar-refractivity contribution in [3.63, 3.8) is 0 Å². The van der Waals surface area contributed by atoms with Gasteiger partial charge in [0.25, 0.3) is 0 Å². The number of ether oxygens (including phenoxy) is 1. The summed E-state index contributed by atoms with van der Waals surface area (Å²) in [6.45, 7) is 0. The van der Waals surface area contributed by atoms with Gasteiger partial charge in [0.15, 0.2) is 5.76 Å². The molecule has 0 radical (unpaired) electrons. The molecule has 0 N–H and O–H groups in total. The molecule has 0 saturated carbocycles. The van der Waals surface area contributed by atoms with Gasteiger partial charge in [0.1, 0.15) is 0 Å². The topological polar surface area (TPSA) is 46.6 Å². The second-order valence-corrected chi connectivity index (χ2v) is 5.96. The van der Waals surface area contributed by atoms with Gasteiger partial charge in [-0.2, -0.15) is 0 Å². The Kier molecular flexibility index (Phi) is 5.71. The van der Waals surface area contributed by atoms with E-state index in [4.69, 9.17) is 4.74 Å². The lowest BCUT2D eigenvalue weighted by Crippen LogP contribution is -2.16. The van der Waals surface area contributed by atoms with E-state index in [1.807, 2.05) is 0 Å². The number of Topliss-reactive ketones (excluding diaryl/α,β-unsaturated/α-hetero) is 1. The van der Waals surface area contributed by atoms with Crippen LogP contribution in [0.4, 0.5) is 0 Å². The molecule has 23 heavy (non-hydrogen) atoms. The highest BCUT2D eigenvalue weighted by Gasteiger charge is 2.19. The highest BCUT2D eigenvalue weighted by atomic mass is 79.9. The van der Waals surface area contributed by atoms with Gasteiger partial charge in [-0.05, 0) is 36.4 Å². The molecule has 118 valence electrons. The molecule has 0 atom stereocenters. The standard InChI is InChI=1S/C18H16BrNO3/c1-20(2)12-16(17(21)13-8-10-15(19)11-9-13)23-18(22)14-6-4-3-5-7-14/h3-12H,1-2H3/b16-12-. The smallest absolute Gasteiger partial charge is 0.343 e. The van der Waals surface area contributed by atoms with Crippen molar-refractivity contribution in [1.29, 1.82) is 0 Å². The molecule has 4 nitrogen and oxygen atoms in total. The molecule has 0 aliphatic rings. The quantitative estimate of drug-likeness (QED) is 0.345. The summed E-state index contributed by atoms with van der Waals surface area (Å²) < 4.78 is 6.18. The van der Waals surface area contributed by atoms with Gasteiger partial charge in [-0.15, -0.1) is 0 Å². The molecule has 0 amide bonds. The second kappa shape index (κ2) is 7.74. The fraction of sp³-hybridized carbons (Fsp3) is 0.111. The second-order valence-electron chi connectivity index (χ2n) is 5.05.